The Kier molecular flexibility index (Phi) is 3.66. The Hall–Kier alpha value is -1.52. The highest BCUT2D eigenvalue weighted by molar-refractivity contribution is 6.18. The van der Waals surface area contributed by atoms with E-state index in [0.717, 1.165) is 0 Å². The molecule has 0 aliphatic carbocycles. The summed E-state index contributed by atoms with van der Waals surface area (Å²) in [6.07, 6.45) is 0.623. The van der Waals surface area contributed by atoms with Crippen molar-refractivity contribution >= 4 is 22.6 Å². The molecule has 1 heterocycles. The molecule has 1 unspecified atom stereocenters. The first kappa shape index (κ1) is 12.0. The molecule has 0 fully saturated rings. The van der Waals surface area contributed by atoms with Crippen LogP contribution in [0, 0.1) is 0 Å². The number of ether oxygens (including phenoxy) is 1. The average molecular weight is 255 g/mol. The number of aliphatic hydroxyl groups is 1. The Morgan fingerprint density at radius 2 is 2.24 bits per heavy atom. The molecule has 0 aliphatic rings. The third kappa shape index (κ3) is 2.78. The number of hydrogen-bond donors (Lipinski definition) is 1. The summed E-state index contributed by atoms with van der Waals surface area (Å²) in [4.78, 5) is 11.4. The summed E-state index contributed by atoms with van der Waals surface area (Å²) in [6.45, 7) is 0.103. The van der Waals surface area contributed by atoms with Crippen molar-refractivity contribution < 1.29 is 14.3 Å². The molecular formula is C12H11ClO4. The van der Waals surface area contributed by atoms with Gasteiger partial charge in [-0.25, -0.2) is 0 Å². The van der Waals surface area contributed by atoms with Crippen LogP contribution in [0.25, 0.3) is 11.0 Å². The maximum Gasteiger partial charge on any atom is 0.192 e. The summed E-state index contributed by atoms with van der Waals surface area (Å²) < 4.78 is 10.5. The molecule has 0 aliphatic heterocycles. The van der Waals surface area contributed by atoms with Crippen molar-refractivity contribution in [2.24, 2.45) is 0 Å². The molecule has 0 spiro atoms. The van der Waals surface area contributed by atoms with Crippen molar-refractivity contribution in [3.05, 3.63) is 40.8 Å². The second-order valence-corrected chi connectivity index (χ2v) is 3.87. The van der Waals surface area contributed by atoms with Crippen molar-refractivity contribution in [3.8, 4) is 5.75 Å². The summed E-state index contributed by atoms with van der Waals surface area (Å²) in [5, 5.41) is 9.74. The van der Waals surface area contributed by atoms with Crippen molar-refractivity contribution in [3.63, 3.8) is 0 Å². The smallest absolute Gasteiger partial charge is 0.192 e. The van der Waals surface area contributed by atoms with Crippen LogP contribution in [0.15, 0.2) is 39.7 Å². The Morgan fingerprint density at radius 3 is 3.00 bits per heavy atom. The minimum atomic E-state index is -0.713. The molecule has 1 aromatic carbocycles. The van der Waals surface area contributed by atoms with Gasteiger partial charge in [-0.05, 0) is 12.1 Å². The fourth-order valence-electron chi connectivity index (χ4n) is 1.39. The highest BCUT2D eigenvalue weighted by Gasteiger charge is 2.05. The fourth-order valence-corrected chi connectivity index (χ4v) is 1.48. The van der Waals surface area contributed by atoms with E-state index in [-0.39, 0.29) is 17.9 Å². The largest absolute Gasteiger partial charge is 0.491 e. The van der Waals surface area contributed by atoms with Crippen molar-refractivity contribution in [2.45, 2.75) is 6.10 Å². The topological polar surface area (TPSA) is 59.7 Å². The maximum absolute atomic E-state index is 11.4. The van der Waals surface area contributed by atoms with Crippen LogP contribution in [0.2, 0.25) is 0 Å². The molecule has 0 amide bonds. The van der Waals surface area contributed by atoms with Crippen LogP contribution in [-0.2, 0) is 0 Å². The van der Waals surface area contributed by atoms with E-state index in [1.807, 2.05) is 0 Å². The molecule has 1 N–H and O–H groups in total. The number of alkyl halides is 1. The van der Waals surface area contributed by atoms with Gasteiger partial charge in [-0.1, -0.05) is 0 Å². The summed E-state index contributed by atoms with van der Waals surface area (Å²) in [5.74, 6) is 0.638. The van der Waals surface area contributed by atoms with Gasteiger partial charge in [0.2, 0.25) is 0 Å². The van der Waals surface area contributed by atoms with E-state index in [1.54, 1.807) is 18.2 Å². The molecule has 17 heavy (non-hydrogen) atoms. The van der Waals surface area contributed by atoms with Gasteiger partial charge < -0.3 is 14.3 Å². The van der Waals surface area contributed by atoms with E-state index < -0.39 is 6.10 Å². The van der Waals surface area contributed by atoms with Gasteiger partial charge in [-0.15, -0.1) is 11.6 Å². The highest BCUT2D eigenvalue weighted by Crippen LogP contribution is 2.18. The molecule has 90 valence electrons. The fraction of sp³-hybridized carbons (Fsp3) is 0.250. The molecule has 1 aromatic heterocycles. The molecular weight excluding hydrogens is 244 g/mol. The quantitative estimate of drug-likeness (QED) is 0.845. The van der Waals surface area contributed by atoms with Crippen LogP contribution in [-0.4, -0.2) is 23.7 Å². The summed E-state index contributed by atoms with van der Waals surface area (Å²) in [5.41, 5.74) is 0.356. The van der Waals surface area contributed by atoms with E-state index in [0.29, 0.717) is 16.7 Å². The minimum Gasteiger partial charge on any atom is -0.491 e. The standard InChI is InChI=1S/C12H11ClO4/c13-6-8(14)7-17-9-1-2-10-11(15)3-4-16-12(10)5-9/h1-5,8,14H,6-7H2. The van der Waals surface area contributed by atoms with Crippen LogP contribution >= 0.6 is 11.6 Å². The van der Waals surface area contributed by atoms with Gasteiger partial charge in [0, 0.05) is 12.1 Å². The first-order valence-corrected chi connectivity index (χ1v) is 5.62. The highest BCUT2D eigenvalue weighted by atomic mass is 35.5. The molecule has 0 bridgehead atoms. The predicted molar refractivity (Wildman–Crippen MR) is 64.7 cm³/mol. The molecule has 2 aromatic rings. The second kappa shape index (κ2) is 5.21. The van der Waals surface area contributed by atoms with Crippen molar-refractivity contribution in [2.75, 3.05) is 12.5 Å². The zero-order chi connectivity index (χ0) is 12.3. The third-order valence-corrected chi connectivity index (χ3v) is 2.61. The lowest BCUT2D eigenvalue weighted by Crippen LogP contribution is -2.18. The first-order valence-electron chi connectivity index (χ1n) is 5.09. The normalized spacial score (nSPS) is 12.6. The molecule has 4 nitrogen and oxygen atoms in total. The van der Waals surface area contributed by atoms with Gasteiger partial charge in [0.25, 0.3) is 0 Å². The van der Waals surface area contributed by atoms with Gasteiger partial charge in [-0.3, -0.25) is 4.79 Å². The molecule has 1 atom stereocenters. The zero-order valence-corrected chi connectivity index (χ0v) is 9.68. The second-order valence-electron chi connectivity index (χ2n) is 3.56. The number of fused-ring (bicyclic) bond motifs is 1. The minimum absolute atomic E-state index is 0.0985. The number of hydrogen-bond acceptors (Lipinski definition) is 4. The molecule has 2 rings (SSSR count). The Balaban J connectivity index is 2.23. The lowest BCUT2D eigenvalue weighted by atomic mass is 10.2. The SMILES string of the molecule is O=c1ccoc2cc(OCC(O)CCl)ccc12. The summed E-state index contributed by atoms with van der Waals surface area (Å²) in [6, 6.07) is 6.25. The van der Waals surface area contributed by atoms with Gasteiger partial charge in [0.15, 0.2) is 5.43 Å². The Labute approximate surface area is 102 Å². The maximum atomic E-state index is 11.4. The van der Waals surface area contributed by atoms with Crippen LogP contribution in [0.1, 0.15) is 0 Å². The number of halogens is 1. The Morgan fingerprint density at radius 1 is 1.41 bits per heavy atom. The van der Waals surface area contributed by atoms with Crippen molar-refractivity contribution in [1.82, 2.24) is 0 Å². The molecule has 0 radical (unpaired) electrons. The predicted octanol–water partition coefficient (Wildman–Crippen LogP) is 1.77. The van der Waals surface area contributed by atoms with E-state index in [2.05, 4.69) is 0 Å². The number of benzene rings is 1. The molecule has 0 saturated carbocycles. The van der Waals surface area contributed by atoms with Gasteiger partial charge in [-0.2, -0.15) is 0 Å². The van der Waals surface area contributed by atoms with Crippen molar-refractivity contribution in [1.29, 1.82) is 0 Å². The number of aliphatic hydroxyl groups excluding tert-OH is 1. The van der Waals surface area contributed by atoms with Gasteiger partial charge >= 0.3 is 0 Å². The van der Waals surface area contributed by atoms with E-state index >= 15 is 0 Å². The zero-order valence-electron chi connectivity index (χ0n) is 8.93. The van der Waals surface area contributed by atoms with Crippen LogP contribution < -0.4 is 10.2 Å². The first-order chi connectivity index (χ1) is 8.20. The lowest BCUT2D eigenvalue weighted by Gasteiger charge is -2.09. The van der Waals surface area contributed by atoms with E-state index in [9.17, 15) is 9.90 Å². The van der Waals surface area contributed by atoms with E-state index in [4.69, 9.17) is 20.8 Å². The van der Waals surface area contributed by atoms with Crippen LogP contribution in [0.3, 0.4) is 0 Å². The molecule has 0 saturated heterocycles. The van der Waals surface area contributed by atoms with Crippen LogP contribution in [0.4, 0.5) is 0 Å². The summed E-state index contributed by atoms with van der Waals surface area (Å²) in [7, 11) is 0. The van der Waals surface area contributed by atoms with Crippen LogP contribution in [0.5, 0.6) is 5.75 Å². The number of rotatable bonds is 4. The third-order valence-electron chi connectivity index (χ3n) is 2.25. The monoisotopic (exact) mass is 254 g/mol. The van der Waals surface area contributed by atoms with Gasteiger partial charge in [0.1, 0.15) is 24.0 Å². The van der Waals surface area contributed by atoms with Gasteiger partial charge in [0.05, 0.1) is 17.5 Å². The molecule has 5 heteroatoms. The Bertz CT molecular complexity index is 564. The average Bonchev–Trinajstić information content (AvgIpc) is 2.36. The lowest BCUT2D eigenvalue weighted by molar-refractivity contribution is 0.125. The van der Waals surface area contributed by atoms with E-state index in [1.165, 1.54) is 12.3 Å². The summed E-state index contributed by atoms with van der Waals surface area (Å²) >= 11 is 5.44.